The first-order valence-corrected chi connectivity index (χ1v) is 6.44. The van der Waals surface area contributed by atoms with E-state index in [1.807, 2.05) is 24.3 Å². The number of hydrogen-bond acceptors (Lipinski definition) is 4. The number of rotatable bonds is 4. The Bertz CT molecular complexity index is 542. The number of benzene rings is 1. The van der Waals surface area contributed by atoms with Gasteiger partial charge in [-0.15, -0.1) is 0 Å². The molecule has 2 aromatic rings. The summed E-state index contributed by atoms with van der Waals surface area (Å²) >= 11 is 4.58. The summed E-state index contributed by atoms with van der Waals surface area (Å²) in [7, 11) is 0. The van der Waals surface area contributed by atoms with Crippen molar-refractivity contribution in [2.24, 2.45) is 0 Å². The number of nitrogens with zero attached hydrogens (tertiary/aromatic N) is 1. The Morgan fingerprint density at radius 3 is 2.88 bits per heavy atom. The van der Waals surface area contributed by atoms with Crippen LogP contribution in [0.3, 0.4) is 0 Å². The van der Waals surface area contributed by atoms with Crippen LogP contribution in [0, 0.1) is 0 Å². The summed E-state index contributed by atoms with van der Waals surface area (Å²) in [5.74, 6) is -0.948. The van der Waals surface area contributed by atoms with E-state index in [2.05, 4.69) is 26.2 Å². The molecule has 0 fully saturated rings. The number of halogens is 1. The highest BCUT2D eigenvalue weighted by Gasteiger charge is 2.08. The molecular weight excluding hydrogens is 304 g/mol. The molecule has 0 bridgehead atoms. The Morgan fingerprint density at radius 2 is 2.24 bits per heavy atom. The maximum absolute atomic E-state index is 10.7. The average molecular weight is 313 g/mol. The van der Waals surface area contributed by atoms with Crippen molar-refractivity contribution >= 4 is 38.4 Å². The van der Waals surface area contributed by atoms with Gasteiger partial charge < -0.3 is 10.4 Å². The first-order chi connectivity index (χ1) is 8.16. The van der Waals surface area contributed by atoms with Gasteiger partial charge in [0.1, 0.15) is 4.88 Å². The van der Waals surface area contributed by atoms with E-state index in [9.17, 15) is 4.79 Å². The van der Waals surface area contributed by atoms with Crippen LogP contribution in [0.2, 0.25) is 0 Å². The lowest BCUT2D eigenvalue weighted by atomic mass is 10.2. The van der Waals surface area contributed by atoms with Gasteiger partial charge in [-0.2, -0.15) is 0 Å². The van der Waals surface area contributed by atoms with Crippen molar-refractivity contribution in [3.8, 4) is 0 Å². The summed E-state index contributed by atoms with van der Waals surface area (Å²) in [5, 5.41) is 12.5. The van der Waals surface area contributed by atoms with E-state index >= 15 is 0 Å². The SMILES string of the molecule is O=C(O)c1cnc(NCc2ccccc2Br)s1. The van der Waals surface area contributed by atoms with Crippen molar-refractivity contribution in [2.45, 2.75) is 6.54 Å². The lowest BCUT2D eigenvalue weighted by Crippen LogP contribution is -1.99. The number of nitrogens with one attached hydrogen (secondary N) is 1. The Hall–Kier alpha value is -1.40. The lowest BCUT2D eigenvalue weighted by Gasteiger charge is -2.04. The fourth-order valence-electron chi connectivity index (χ4n) is 1.27. The van der Waals surface area contributed by atoms with Gasteiger partial charge in [0, 0.05) is 11.0 Å². The first kappa shape index (κ1) is 12.1. The third-order valence-electron chi connectivity index (χ3n) is 2.10. The number of aromatic nitrogens is 1. The quantitative estimate of drug-likeness (QED) is 0.910. The topological polar surface area (TPSA) is 62.2 Å². The summed E-state index contributed by atoms with van der Waals surface area (Å²) in [6, 6.07) is 7.84. The van der Waals surface area contributed by atoms with E-state index < -0.39 is 5.97 Å². The van der Waals surface area contributed by atoms with Crippen molar-refractivity contribution in [3.63, 3.8) is 0 Å². The van der Waals surface area contributed by atoms with E-state index in [1.54, 1.807) is 0 Å². The molecule has 0 atom stereocenters. The highest BCUT2D eigenvalue weighted by molar-refractivity contribution is 9.10. The minimum atomic E-state index is -0.948. The number of anilines is 1. The molecule has 0 saturated heterocycles. The molecule has 0 spiro atoms. The molecule has 2 rings (SSSR count). The number of carboxylic acids is 1. The maximum atomic E-state index is 10.7. The Balaban J connectivity index is 2.02. The number of carbonyl (C=O) groups is 1. The fraction of sp³-hybridized carbons (Fsp3) is 0.0909. The van der Waals surface area contributed by atoms with E-state index in [0.29, 0.717) is 11.7 Å². The minimum absolute atomic E-state index is 0.236. The Kier molecular flexibility index (Phi) is 3.75. The van der Waals surface area contributed by atoms with E-state index in [1.165, 1.54) is 6.20 Å². The molecule has 0 unspecified atom stereocenters. The number of carboxylic acid groups (broad SMARTS) is 1. The lowest BCUT2D eigenvalue weighted by molar-refractivity contribution is 0.0702. The molecule has 0 radical (unpaired) electrons. The van der Waals surface area contributed by atoms with Crippen LogP contribution in [0.1, 0.15) is 15.2 Å². The van der Waals surface area contributed by atoms with Gasteiger partial charge in [0.2, 0.25) is 0 Å². The van der Waals surface area contributed by atoms with Crippen molar-refractivity contribution < 1.29 is 9.90 Å². The van der Waals surface area contributed by atoms with E-state index in [0.717, 1.165) is 21.4 Å². The van der Waals surface area contributed by atoms with Crippen molar-refractivity contribution in [1.29, 1.82) is 0 Å². The smallest absolute Gasteiger partial charge is 0.347 e. The molecule has 1 aromatic heterocycles. The van der Waals surface area contributed by atoms with Crippen molar-refractivity contribution in [2.75, 3.05) is 5.32 Å². The highest BCUT2D eigenvalue weighted by Crippen LogP contribution is 2.21. The molecule has 0 amide bonds. The van der Waals surface area contributed by atoms with Gasteiger partial charge in [-0.25, -0.2) is 9.78 Å². The predicted octanol–water partition coefficient (Wildman–Crippen LogP) is 3.22. The van der Waals surface area contributed by atoms with Crippen molar-refractivity contribution in [1.82, 2.24) is 4.98 Å². The standard InChI is InChI=1S/C11H9BrN2O2S/c12-8-4-2-1-3-7(8)5-13-11-14-6-9(17-11)10(15)16/h1-4,6H,5H2,(H,13,14)(H,15,16). The molecule has 1 aromatic carbocycles. The number of thiazole rings is 1. The zero-order valence-corrected chi connectivity index (χ0v) is 11.1. The monoisotopic (exact) mass is 312 g/mol. The van der Waals surface area contributed by atoms with Gasteiger partial charge in [-0.3, -0.25) is 0 Å². The van der Waals surface area contributed by atoms with Gasteiger partial charge >= 0.3 is 5.97 Å². The average Bonchev–Trinajstić information content (AvgIpc) is 2.77. The van der Waals surface area contributed by atoms with Crippen LogP contribution in [-0.4, -0.2) is 16.1 Å². The summed E-state index contributed by atoms with van der Waals surface area (Å²) in [6.07, 6.45) is 1.36. The molecule has 0 aliphatic carbocycles. The van der Waals surface area contributed by atoms with Crippen LogP contribution in [0.15, 0.2) is 34.9 Å². The largest absolute Gasteiger partial charge is 0.477 e. The van der Waals surface area contributed by atoms with E-state index in [4.69, 9.17) is 5.11 Å². The molecule has 0 saturated carbocycles. The molecule has 1 heterocycles. The fourth-order valence-corrected chi connectivity index (χ4v) is 2.34. The second-order valence-corrected chi connectivity index (χ2v) is 5.16. The predicted molar refractivity (Wildman–Crippen MR) is 70.5 cm³/mol. The summed E-state index contributed by atoms with van der Waals surface area (Å²) in [4.78, 5) is 14.9. The molecule has 4 nitrogen and oxygen atoms in total. The molecule has 88 valence electrons. The van der Waals surface area contributed by atoms with Gasteiger partial charge in [0.05, 0.1) is 6.20 Å². The van der Waals surface area contributed by atoms with Crippen LogP contribution < -0.4 is 5.32 Å². The highest BCUT2D eigenvalue weighted by atomic mass is 79.9. The van der Waals surface area contributed by atoms with Crippen LogP contribution in [-0.2, 0) is 6.54 Å². The molecule has 17 heavy (non-hydrogen) atoms. The van der Waals surface area contributed by atoms with Crippen LogP contribution in [0.5, 0.6) is 0 Å². The van der Waals surface area contributed by atoms with Crippen LogP contribution in [0.25, 0.3) is 0 Å². The molecule has 0 aliphatic heterocycles. The second-order valence-electron chi connectivity index (χ2n) is 3.28. The third-order valence-corrected chi connectivity index (χ3v) is 3.82. The van der Waals surface area contributed by atoms with Gasteiger partial charge in [0.15, 0.2) is 5.13 Å². The maximum Gasteiger partial charge on any atom is 0.347 e. The first-order valence-electron chi connectivity index (χ1n) is 4.83. The zero-order chi connectivity index (χ0) is 12.3. The Labute approximate surface area is 110 Å². The van der Waals surface area contributed by atoms with Crippen molar-refractivity contribution in [3.05, 3.63) is 45.4 Å². The van der Waals surface area contributed by atoms with Crippen LogP contribution in [0.4, 0.5) is 5.13 Å². The summed E-state index contributed by atoms with van der Waals surface area (Å²) in [6.45, 7) is 0.605. The zero-order valence-electron chi connectivity index (χ0n) is 8.68. The van der Waals surface area contributed by atoms with Gasteiger partial charge in [-0.05, 0) is 11.6 Å². The van der Waals surface area contributed by atoms with Gasteiger partial charge in [-0.1, -0.05) is 45.5 Å². The Morgan fingerprint density at radius 1 is 1.47 bits per heavy atom. The summed E-state index contributed by atoms with van der Waals surface area (Å²) < 4.78 is 1.02. The second kappa shape index (κ2) is 5.29. The molecule has 6 heteroatoms. The normalized spacial score (nSPS) is 10.2. The number of hydrogen-bond donors (Lipinski definition) is 2. The third kappa shape index (κ3) is 3.04. The van der Waals surface area contributed by atoms with Gasteiger partial charge in [0.25, 0.3) is 0 Å². The molecule has 2 N–H and O–H groups in total. The molecule has 0 aliphatic rings. The van der Waals surface area contributed by atoms with E-state index in [-0.39, 0.29) is 4.88 Å². The summed E-state index contributed by atoms with van der Waals surface area (Å²) in [5.41, 5.74) is 1.10. The minimum Gasteiger partial charge on any atom is -0.477 e. The van der Waals surface area contributed by atoms with Crippen LogP contribution >= 0.6 is 27.3 Å². The molecular formula is C11H9BrN2O2S. The number of aromatic carboxylic acids is 1.